The zero-order chi connectivity index (χ0) is 21.8. The smallest absolute Gasteiger partial charge is 0.316 e. The van der Waals surface area contributed by atoms with E-state index in [9.17, 15) is 14.4 Å². The van der Waals surface area contributed by atoms with Crippen LogP contribution in [0.3, 0.4) is 0 Å². The van der Waals surface area contributed by atoms with Crippen LogP contribution >= 0.6 is 27.7 Å². The first-order valence-corrected chi connectivity index (χ1v) is 10.8. The van der Waals surface area contributed by atoms with Crippen molar-refractivity contribution in [1.29, 1.82) is 0 Å². The molecule has 2 aromatic carbocycles. The summed E-state index contributed by atoms with van der Waals surface area (Å²) in [6.07, 6.45) is 0. The van der Waals surface area contributed by atoms with Gasteiger partial charge in [0, 0.05) is 21.0 Å². The fraction of sp³-hybridized carbons (Fsp3) is 0.286. The minimum absolute atomic E-state index is 0.0523. The molecule has 1 N–H and O–H groups in total. The molecule has 0 unspecified atom stereocenters. The van der Waals surface area contributed by atoms with Crippen molar-refractivity contribution in [1.82, 2.24) is 0 Å². The van der Waals surface area contributed by atoms with Gasteiger partial charge in [0.2, 0.25) is 6.79 Å². The molecule has 0 saturated carbocycles. The van der Waals surface area contributed by atoms with E-state index in [1.807, 2.05) is 26.0 Å². The van der Waals surface area contributed by atoms with E-state index in [2.05, 4.69) is 21.2 Å². The van der Waals surface area contributed by atoms with E-state index < -0.39 is 18.5 Å². The summed E-state index contributed by atoms with van der Waals surface area (Å²) < 4.78 is 16.6. The molecule has 0 saturated heterocycles. The molecule has 0 spiro atoms. The maximum absolute atomic E-state index is 12.2. The van der Waals surface area contributed by atoms with Crippen LogP contribution in [0.1, 0.15) is 28.4 Å². The highest BCUT2D eigenvalue weighted by Crippen LogP contribution is 2.37. The number of thioether (sulfide) groups is 1. The van der Waals surface area contributed by atoms with Crippen molar-refractivity contribution in [2.24, 2.45) is 0 Å². The van der Waals surface area contributed by atoms with Crippen molar-refractivity contribution >= 4 is 51.0 Å². The number of nitrogens with one attached hydrogen (secondary N) is 1. The van der Waals surface area contributed by atoms with Crippen LogP contribution < -0.4 is 14.8 Å². The van der Waals surface area contributed by atoms with Crippen molar-refractivity contribution in [2.75, 3.05) is 24.5 Å². The molecule has 0 radical (unpaired) electrons. The van der Waals surface area contributed by atoms with Crippen molar-refractivity contribution in [2.45, 2.75) is 25.7 Å². The molecule has 3 rings (SSSR count). The van der Waals surface area contributed by atoms with Crippen molar-refractivity contribution in [3.63, 3.8) is 0 Å². The number of ether oxygens (including phenoxy) is 3. The van der Waals surface area contributed by atoms with Gasteiger partial charge in [-0.25, -0.2) is 0 Å². The fourth-order valence-corrected chi connectivity index (χ4v) is 4.12. The quantitative estimate of drug-likeness (QED) is 0.349. The summed E-state index contributed by atoms with van der Waals surface area (Å²) in [6, 6.07) is 7.03. The zero-order valence-corrected chi connectivity index (χ0v) is 19.1. The van der Waals surface area contributed by atoms with Gasteiger partial charge in [0.1, 0.15) is 0 Å². The molecular formula is C21H20BrNO6S. The highest BCUT2D eigenvalue weighted by Gasteiger charge is 2.21. The number of aryl methyl sites for hydroxylation is 2. The Balaban J connectivity index is 1.54. The average molecular weight is 494 g/mol. The van der Waals surface area contributed by atoms with Crippen LogP contribution in [0, 0.1) is 13.8 Å². The van der Waals surface area contributed by atoms with E-state index in [0.717, 1.165) is 20.5 Å². The molecule has 1 aliphatic rings. The SMILES string of the molecule is CC(=O)c1cc2c(cc1NC(=O)COC(=O)CSc1cc(C)c(Br)cc1C)OCO2. The minimum Gasteiger partial charge on any atom is -0.455 e. The molecule has 1 aliphatic heterocycles. The number of amides is 1. The van der Waals surface area contributed by atoms with Gasteiger partial charge in [-0.1, -0.05) is 15.9 Å². The maximum Gasteiger partial charge on any atom is 0.316 e. The Bertz CT molecular complexity index is 1020. The first kappa shape index (κ1) is 22.2. The van der Waals surface area contributed by atoms with Crippen LogP contribution in [-0.4, -0.2) is 36.8 Å². The van der Waals surface area contributed by atoms with Gasteiger partial charge >= 0.3 is 5.97 Å². The number of hydrogen-bond acceptors (Lipinski definition) is 7. The number of Topliss-reactive ketones (excluding diaryl/α,β-unsaturated/α-hetero) is 1. The Kier molecular flexibility index (Phi) is 7.04. The summed E-state index contributed by atoms with van der Waals surface area (Å²) in [5, 5.41) is 2.59. The third kappa shape index (κ3) is 5.34. The predicted octanol–water partition coefficient (Wildman–Crippen LogP) is 4.27. The maximum atomic E-state index is 12.2. The highest BCUT2D eigenvalue weighted by atomic mass is 79.9. The fourth-order valence-electron chi connectivity index (χ4n) is 2.76. The lowest BCUT2D eigenvalue weighted by Gasteiger charge is -2.11. The average Bonchev–Trinajstić information content (AvgIpc) is 3.14. The van der Waals surface area contributed by atoms with E-state index in [0.29, 0.717) is 11.5 Å². The van der Waals surface area contributed by atoms with Crippen LogP contribution in [-0.2, 0) is 14.3 Å². The number of anilines is 1. The van der Waals surface area contributed by atoms with Crippen LogP contribution in [0.5, 0.6) is 11.5 Å². The molecular weight excluding hydrogens is 474 g/mol. The number of fused-ring (bicyclic) bond motifs is 1. The van der Waals surface area contributed by atoms with Gasteiger partial charge < -0.3 is 19.5 Å². The molecule has 0 aliphatic carbocycles. The van der Waals surface area contributed by atoms with Crippen molar-refractivity contribution in [3.8, 4) is 11.5 Å². The van der Waals surface area contributed by atoms with Gasteiger partial charge in [-0.3, -0.25) is 14.4 Å². The zero-order valence-electron chi connectivity index (χ0n) is 16.7. The lowest BCUT2D eigenvalue weighted by molar-refractivity contribution is -0.144. The van der Waals surface area contributed by atoms with E-state index >= 15 is 0 Å². The van der Waals surface area contributed by atoms with E-state index in [-0.39, 0.29) is 29.6 Å². The van der Waals surface area contributed by atoms with Gasteiger partial charge in [-0.15, -0.1) is 11.8 Å². The molecule has 1 amide bonds. The van der Waals surface area contributed by atoms with Crippen molar-refractivity contribution in [3.05, 3.63) is 45.4 Å². The largest absolute Gasteiger partial charge is 0.455 e. The molecule has 30 heavy (non-hydrogen) atoms. The van der Waals surface area contributed by atoms with Gasteiger partial charge in [-0.2, -0.15) is 0 Å². The topological polar surface area (TPSA) is 90.9 Å². The number of esters is 1. The molecule has 7 nitrogen and oxygen atoms in total. The number of hydrogen-bond donors (Lipinski definition) is 1. The second kappa shape index (κ2) is 9.53. The van der Waals surface area contributed by atoms with Gasteiger partial charge in [0.15, 0.2) is 23.9 Å². The second-order valence-corrected chi connectivity index (χ2v) is 8.54. The molecule has 2 aromatic rings. The molecule has 0 bridgehead atoms. The normalized spacial score (nSPS) is 11.9. The third-order valence-corrected chi connectivity index (χ3v) is 6.32. The Morgan fingerprint density at radius 3 is 2.50 bits per heavy atom. The van der Waals surface area contributed by atoms with Crippen LogP contribution in [0.15, 0.2) is 33.6 Å². The number of carbonyl (C=O) groups excluding carboxylic acids is 3. The number of ketones is 1. The predicted molar refractivity (Wildman–Crippen MR) is 116 cm³/mol. The summed E-state index contributed by atoms with van der Waals surface area (Å²) in [6.45, 7) is 4.92. The summed E-state index contributed by atoms with van der Waals surface area (Å²) in [7, 11) is 0. The Labute approximate surface area is 186 Å². The van der Waals surface area contributed by atoms with Gasteiger partial charge in [0.25, 0.3) is 5.91 Å². The number of halogens is 1. The first-order valence-electron chi connectivity index (χ1n) is 9.04. The van der Waals surface area contributed by atoms with E-state index in [4.69, 9.17) is 14.2 Å². The molecule has 9 heteroatoms. The van der Waals surface area contributed by atoms with Gasteiger partial charge in [-0.05, 0) is 50.1 Å². The monoisotopic (exact) mass is 493 g/mol. The number of rotatable bonds is 7. The molecule has 0 fully saturated rings. The van der Waals surface area contributed by atoms with E-state index in [1.54, 1.807) is 0 Å². The standard InChI is InChI=1S/C21H20BrNO6S/c1-11-5-19(12(2)4-15(11)22)30-9-21(26)27-8-20(25)23-16-7-18-17(28-10-29-18)6-14(16)13(3)24/h4-7H,8-10H2,1-3H3,(H,23,25). The Hall–Kier alpha value is -2.52. The minimum atomic E-state index is -0.551. The summed E-state index contributed by atoms with van der Waals surface area (Å²) in [5.74, 6) is -0.336. The lowest BCUT2D eigenvalue weighted by atomic mass is 10.1. The van der Waals surface area contributed by atoms with Crippen molar-refractivity contribution < 1.29 is 28.6 Å². The molecule has 0 atom stereocenters. The molecule has 1 heterocycles. The third-order valence-electron chi connectivity index (χ3n) is 4.33. The van der Waals surface area contributed by atoms with Gasteiger partial charge in [0.05, 0.1) is 11.4 Å². The van der Waals surface area contributed by atoms with Crippen LogP contribution in [0.2, 0.25) is 0 Å². The summed E-state index contributed by atoms with van der Waals surface area (Å²) in [5.41, 5.74) is 2.68. The second-order valence-electron chi connectivity index (χ2n) is 6.67. The van der Waals surface area contributed by atoms with Crippen LogP contribution in [0.25, 0.3) is 0 Å². The summed E-state index contributed by atoms with van der Waals surface area (Å²) in [4.78, 5) is 37.1. The Morgan fingerprint density at radius 1 is 1.10 bits per heavy atom. The molecule has 158 valence electrons. The first-order chi connectivity index (χ1) is 14.2. The number of carbonyl (C=O) groups is 3. The highest BCUT2D eigenvalue weighted by molar-refractivity contribution is 9.10. The lowest BCUT2D eigenvalue weighted by Crippen LogP contribution is -2.22. The van der Waals surface area contributed by atoms with Crippen LogP contribution in [0.4, 0.5) is 5.69 Å². The molecule has 0 aromatic heterocycles. The number of benzene rings is 2. The van der Waals surface area contributed by atoms with E-state index in [1.165, 1.54) is 30.8 Å². The Morgan fingerprint density at radius 2 is 1.80 bits per heavy atom. The summed E-state index contributed by atoms with van der Waals surface area (Å²) >= 11 is 4.83.